The molecular formula is C32H43FN4O2S2. The number of carbonyl (C=O) groups excluding carboxylic acids is 1. The molecule has 6 nitrogen and oxygen atoms in total. The average Bonchev–Trinajstić information content (AvgIpc) is 3.41. The van der Waals surface area contributed by atoms with E-state index in [2.05, 4.69) is 42.1 Å². The van der Waals surface area contributed by atoms with Crippen LogP contribution in [0.4, 0.5) is 10.1 Å². The number of hydrogen-bond acceptors (Lipinski definition) is 7. The van der Waals surface area contributed by atoms with Gasteiger partial charge in [-0.1, -0.05) is 44.7 Å². The van der Waals surface area contributed by atoms with Gasteiger partial charge in [0.2, 0.25) is 0 Å². The first kappa shape index (κ1) is 34.2. The number of benzene rings is 2. The summed E-state index contributed by atoms with van der Waals surface area (Å²) in [5.41, 5.74) is 3.86. The molecule has 222 valence electrons. The molecule has 0 bridgehead atoms. The molecule has 2 aromatic carbocycles. The lowest BCUT2D eigenvalue weighted by molar-refractivity contribution is 0.0964. The number of nitrogens with one attached hydrogen (secondary N) is 2. The number of halogens is 1. The molecule has 1 saturated heterocycles. The Bertz CT molecular complexity index is 1290. The second kappa shape index (κ2) is 19.2. The average molecular weight is 599 g/mol. The van der Waals surface area contributed by atoms with Crippen molar-refractivity contribution < 1.29 is 13.6 Å². The van der Waals surface area contributed by atoms with Crippen LogP contribution in [0, 0.1) is 5.82 Å². The van der Waals surface area contributed by atoms with Gasteiger partial charge in [-0.3, -0.25) is 9.78 Å². The first-order chi connectivity index (χ1) is 19.9. The van der Waals surface area contributed by atoms with E-state index in [0.29, 0.717) is 22.5 Å². The fraction of sp³-hybridized carbons (Fsp3) is 0.375. The summed E-state index contributed by atoms with van der Waals surface area (Å²) in [7, 11) is 3.53. The van der Waals surface area contributed by atoms with E-state index < -0.39 is 0 Å². The molecule has 0 aliphatic carbocycles. The van der Waals surface area contributed by atoms with Gasteiger partial charge in [0.15, 0.2) is 0 Å². The molecule has 1 amide bonds. The van der Waals surface area contributed by atoms with Crippen molar-refractivity contribution in [3.63, 3.8) is 0 Å². The van der Waals surface area contributed by atoms with E-state index in [1.807, 2.05) is 54.1 Å². The zero-order valence-electron chi connectivity index (χ0n) is 24.7. The number of amides is 1. The minimum absolute atomic E-state index is 0.237. The molecule has 3 heterocycles. The van der Waals surface area contributed by atoms with E-state index in [4.69, 9.17) is 4.42 Å². The van der Waals surface area contributed by atoms with Crippen LogP contribution >= 0.6 is 24.6 Å². The summed E-state index contributed by atoms with van der Waals surface area (Å²) in [6, 6.07) is 15.5. The Kier molecular flexibility index (Phi) is 16.0. The molecule has 5 rings (SSSR count). The molecule has 2 N–H and O–H groups in total. The molecule has 2 aromatic heterocycles. The highest BCUT2D eigenvalue weighted by Gasteiger charge is 2.22. The number of piperidine rings is 1. The van der Waals surface area contributed by atoms with Gasteiger partial charge in [-0.15, -0.1) is 0 Å². The van der Waals surface area contributed by atoms with Crippen molar-refractivity contribution in [2.45, 2.75) is 45.3 Å². The van der Waals surface area contributed by atoms with Crippen LogP contribution < -0.4 is 14.9 Å². The summed E-state index contributed by atoms with van der Waals surface area (Å²) >= 11 is 5.65. The standard InChI is InChI=1S/C18H17FN2O2S.C6H7NS.C5H11N.C3H8/c1-20-18(22)16-14-9-8-13(21(2)24-3)10-15(14)23-17(16)11-4-6-12(19)7-5-11;8-5-6-2-1-3-7-4-6;1-2-4-6-5-3-1;1-3-2/h4-10H,1-3H3,(H,20,22);1-4,8H,5H2;6H,1-5H2;3H2,1-2H3. The number of hydrogen-bond donors (Lipinski definition) is 3. The second-order valence-corrected chi connectivity index (χ2v) is 10.5. The number of pyridine rings is 1. The van der Waals surface area contributed by atoms with Crippen molar-refractivity contribution >= 4 is 47.1 Å². The zero-order valence-corrected chi connectivity index (χ0v) is 26.5. The van der Waals surface area contributed by atoms with Crippen LogP contribution in [0.15, 0.2) is 71.4 Å². The van der Waals surface area contributed by atoms with Crippen LogP contribution in [0.3, 0.4) is 0 Å². The zero-order chi connectivity index (χ0) is 30.0. The number of aromatic nitrogens is 1. The van der Waals surface area contributed by atoms with E-state index in [-0.39, 0.29) is 11.7 Å². The highest BCUT2D eigenvalue weighted by atomic mass is 32.2. The monoisotopic (exact) mass is 598 g/mol. The highest BCUT2D eigenvalue weighted by Crippen LogP contribution is 2.36. The minimum atomic E-state index is -0.333. The first-order valence-corrected chi connectivity index (χ1v) is 15.7. The Morgan fingerprint density at radius 3 is 2.27 bits per heavy atom. The van der Waals surface area contributed by atoms with Crippen molar-refractivity contribution in [2.75, 3.05) is 37.7 Å². The van der Waals surface area contributed by atoms with Gasteiger partial charge in [-0.2, -0.15) is 12.6 Å². The van der Waals surface area contributed by atoms with Gasteiger partial charge in [0.25, 0.3) is 5.91 Å². The van der Waals surface area contributed by atoms with Crippen LogP contribution in [0.1, 0.15) is 55.5 Å². The Labute approximate surface area is 254 Å². The number of anilines is 1. The van der Waals surface area contributed by atoms with Gasteiger partial charge in [-0.25, -0.2) is 4.39 Å². The maximum atomic E-state index is 13.2. The molecular weight excluding hydrogens is 556 g/mol. The summed E-state index contributed by atoms with van der Waals surface area (Å²) in [5.74, 6) is 0.640. The summed E-state index contributed by atoms with van der Waals surface area (Å²) in [6.07, 6.45) is 11.0. The third-order valence-electron chi connectivity index (χ3n) is 5.98. The number of furan rings is 1. The molecule has 0 radical (unpaired) electrons. The van der Waals surface area contributed by atoms with Crippen molar-refractivity contribution in [2.24, 2.45) is 0 Å². The predicted octanol–water partition coefficient (Wildman–Crippen LogP) is 8.00. The van der Waals surface area contributed by atoms with Gasteiger partial charge < -0.3 is 19.4 Å². The van der Waals surface area contributed by atoms with Crippen LogP contribution in [0.2, 0.25) is 0 Å². The van der Waals surface area contributed by atoms with Crippen molar-refractivity contribution in [1.29, 1.82) is 0 Å². The molecule has 0 atom stereocenters. The number of thiol groups is 1. The lowest BCUT2D eigenvalue weighted by atomic mass is 10.0. The molecule has 1 aliphatic rings. The molecule has 0 spiro atoms. The highest BCUT2D eigenvalue weighted by molar-refractivity contribution is 7.99. The van der Waals surface area contributed by atoms with E-state index in [9.17, 15) is 9.18 Å². The van der Waals surface area contributed by atoms with Gasteiger partial charge in [0.05, 0.1) is 11.3 Å². The lowest BCUT2D eigenvalue weighted by Gasteiger charge is -2.14. The predicted molar refractivity (Wildman–Crippen MR) is 177 cm³/mol. The third-order valence-corrected chi connectivity index (χ3v) is 7.11. The maximum absolute atomic E-state index is 13.2. The lowest BCUT2D eigenvalue weighted by Crippen LogP contribution is -2.21. The Morgan fingerprint density at radius 1 is 1.12 bits per heavy atom. The number of fused-ring (bicyclic) bond motifs is 1. The Hall–Kier alpha value is -3.01. The Morgan fingerprint density at radius 2 is 1.80 bits per heavy atom. The van der Waals surface area contributed by atoms with E-state index in [1.165, 1.54) is 50.9 Å². The number of nitrogens with zero attached hydrogens (tertiary/aromatic N) is 2. The topological polar surface area (TPSA) is 70.4 Å². The van der Waals surface area contributed by atoms with E-state index >= 15 is 0 Å². The smallest absolute Gasteiger partial charge is 0.255 e. The minimum Gasteiger partial charge on any atom is -0.455 e. The van der Waals surface area contributed by atoms with E-state index in [0.717, 1.165) is 22.4 Å². The summed E-state index contributed by atoms with van der Waals surface area (Å²) < 4.78 is 21.2. The normalized spacial score (nSPS) is 12.1. The SMILES string of the molecule is C1CCNCC1.CCC.CNC(=O)c1c(-c2ccc(F)cc2)oc2cc(N(C)SC)ccc12.SCc1cccnc1. The molecule has 9 heteroatoms. The maximum Gasteiger partial charge on any atom is 0.255 e. The Balaban J connectivity index is 0.000000279. The van der Waals surface area contributed by atoms with Crippen molar-refractivity contribution in [1.82, 2.24) is 15.6 Å². The molecule has 0 unspecified atom stereocenters. The molecule has 1 aliphatic heterocycles. The molecule has 1 fully saturated rings. The van der Waals surface area contributed by atoms with Gasteiger partial charge in [0.1, 0.15) is 17.2 Å². The fourth-order valence-electron chi connectivity index (χ4n) is 3.83. The van der Waals surface area contributed by atoms with Crippen LogP contribution in [-0.2, 0) is 5.75 Å². The van der Waals surface area contributed by atoms with Crippen molar-refractivity contribution in [3.8, 4) is 11.3 Å². The molecule has 0 saturated carbocycles. The summed E-state index contributed by atoms with van der Waals surface area (Å²) in [4.78, 5) is 16.3. The number of rotatable bonds is 5. The van der Waals surface area contributed by atoms with Crippen LogP contribution in [0.5, 0.6) is 0 Å². The number of carbonyl (C=O) groups is 1. The third kappa shape index (κ3) is 11.1. The van der Waals surface area contributed by atoms with Crippen LogP contribution in [-0.4, -0.2) is 44.3 Å². The van der Waals surface area contributed by atoms with Gasteiger partial charge in [-0.05, 0) is 74.0 Å². The first-order valence-electron chi connectivity index (χ1n) is 13.9. The van der Waals surface area contributed by atoms with Gasteiger partial charge >= 0.3 is 0 Å². The molecule has 41 heavy (non-hydrogen) atoms. The van der Waals surface area contributed by atoms with E-state index in [1.54, 1.807) is 37.3 Å². The van der Waals surface area contributed by atoms with Crippen LogP contribution in [0.25, 0.3) is 22.3 Å². The fourth-order valence-corrected chi connectivity index (χ4v) is 4.35. The summed E-state index contributed by atoms with van der Waals surface area (Å²) in [5, 5.41) is 6.66. The van der Waals surface area contributed by atoms with Crippen molar-refractivity contribution in [3.05, 3.63) is 83.9 Å². The largest absolute Gasteiger partial charge is 0.455 e. The molecule has 4 aromatic rings. The summed E-state index contributed by atoms with van der Waals surface area (Å²) in [6.45, 7) is 6.75. The quantitative estimate of drug-likeness (QED) is 0.160. The second-order valence-electron chi connectivity index (χ2n) is 9.29. The van der Waals surface area contributed by atoms with Gasteiger partial charge in [0, 0.05) is 55.5 Å².